The molecule has 2 unspecified atom stereocenters. The van der Waals surface area contributed by atoms with Crippen molar-refractivity contribution in [1.82, 2.24) is 9.97 Å². The Morgan fingerprint density at radius 3 is 3.04 bits per heavy atom. The van der Waals surface area contributed by atoms with Crippen molar-refractivity contribution in [3.63, 3.8) is 0 Å². The van der Waals surface area contributed by atoms with Crippen LogP contribution in [0.25, 0.3) is 11.4 Å². The van der Waals surface area contributed by atoms with Crippen LogP contribution in [0.15, 0.2) is 29.8 Å². The molecule has 3 heterocycles. The molecule has 0 N–H and O–H groups in total. The van der Waals surface area contributed by atoms with Crippen LogP contribution in [0.2, 0.25) is 0 Å². The zero-order chi connectivity index (χ0) is 16.9. The van der Waals surface area contributed by atoms with E-state index in [2.05, 4.69) is 16.9 Å². The highest BCUT2D eigenvalue weighted by Crippen LogP contribution is 2.29. The average molecular weight is 345 g/mol. The zero-order valence-electron chi connectivity index (χ0n) is 14.1. The molecule has 1 aliphatic heterocycles. The molecule has 1 fully saturated rings. The smallest absolute Gasteiger partial charge is 0.228 e. The minimum atomic E-state index is 0.124. The van der Waals surface area contributed by atoms with E-state index >= 15 is 0 Å². The first-order chi connectivity index (χ1) is 11.7. The third kappa shape index (κ3) is 3.99. The Balaban J connectivity index is 1.62. The number of carbonyl (C=O) groups excluding carboxylic acids is 1. The summed E-state index contributed by atoms with van der Waals surface area (Å²) in [6, 6.07) is 5.74. The van der Waals surface area contributed by atoms with Crippen molar-refractivity contribution in [3.8, 4) is 11.4 Å². The lowest BCUT2D eigenvalue weighted by Gasteiger charge is -2.29. The predicted octanol–water partition coefficient (Wildman–Crippen LogP) is 3.76. The maximum absolute atomic E-state index is 12.6. The van der Waals surface area contributed by atoms with E-state index in [4.69, 9.17) is 4.74 Å². The Hall–Kier alpha value is -1.79. The Labute approximate surface area is 146 Å². The molecule has 2 aromatic rings. The van der Waals surface area contributed by atoms with Crippen molar-refractivity contribution < 1.29 is 9.53 Å². The summed E-state index contributed by atoms with van der Waals surface area (Å²) in [5.41, 5.74) is 1.64. The molecule has 24 heavy (non-hydrogen) atoms. The number of hydrogen-bond acceptors (Lipinski definition) is 5. The van der Waals surface area contributed by atoms with E-state index in [0.29, 0.717) is 18.4 Å². The lowest BCUT2D eigenvalue weighted by atomic mass is 9.91. The highest BCUT2D eigenvalue weighted by Gasteiger charge is 2.25. The third-order valence-electron chi connectivity index (χ3n) is 4.47. The average Bonchev–Trinajstić information content (AvgIpc) is 3.12. The van der Waals surface area contributed by atoms with E-state index in [0.717, 1.165) is 42.4 Å². The summed E-state index contributed by atoms with van der Waals surface area (Å²) >= 11 is 1.48. The molecule has 1 saturated heterocycles. The molecule has 0 spiro atoms. The number of thiazole rings is 1. The van der Waals surface area contributed by atoms with Crippen LogP contribution in [0.1, 0.15) is 32.6 Å². The van der Waals surface area contributed by atoms with E-state index in [1.54, 1.807) is 18.1 Å². The van der Waals surface area contributed by atoms with Gasteiger partial charge in [0.15, 0.2) is 5.13 Å². The van der Waals surface area contributed by atoms with Crippen molar-refractivity contribution in [3.05, 3.63) is 29.8 Å². The first-order valence-electron chi connectivity index (χ1n) is 8.42. The number of amides is 1. The van der Waals surface area contributed by atoms with Gasteiger partial charge in [-0.05, 0) is 37.3 Å². The van der Waals surface area contributed by atoms with Crippen LogP contribution in [0, 0.1) is 5.92 Å². The van der Waals surface area contributed by atoms with Gasteiger partial charge in [0.05, 0.1) is 11.8 Å². The monoisotopic (exact) mass is 345 g/mol. The van der Waals surface area contributed by atoms with Crippen LogP contribution < -0.4 is 4.90 Å². The largest absolute Gasteiger partial charge is 0.378 e. The van der Waals surface area contributed by atoms with E-state index in [1.807, 2.05) is 23.6 Å². The Kier molecular flexibility index (Phi) is 5.58. The molecule has 0 saturated carbocycles. The van der Waals surface area contributed by atoms with Gasteiger partial charge in [-0.2, -0.15) is 0 Å². The molecule has 0 bridgehead atoms. The highest BCUT2D eigenvalue weighted by molar-refractivity contribution is 7.14. The lowest BCUT2D eigenvalue weighted by molar-refractivity contribution is -0.120. The van der Waals surface area contributed by atoms with E-state index in [9.17, 15) is 4.79 Å². The number of carbonyl (C=O) groups is 1. The van der Waals surface area contributed by atoms with Crippen LogP contribution >= 0.6 is 11.3 Å². The second-order valence-electron chi connectivity index (χ2n) is 6.18. The van der Waals surface area contributed by atoms with Gasteiger partial charge in [-0.25, -0.2) is 4.98 Å². The molecule has 128 valence electrons. The van der Waals surface area contributed by atoms with Gasteiger partial charge in [-0.1, -0.05) is 13.0 Å². The zero-order valence-corrected chi connectivity index (χ0v) is 15.0. The van der Waals surface area contributed by atoms with Gasteiger partial charge in [0.1, 0.15) is 5.69 Å². The summed E-state index contributed by atoms with van der Waals surface area (Å²) in [5.74, 6) is 0.535. The summed E-state index contributed by atoms with van der Waals surface area (Å²) in [5, 5.41) is 2.67. The molecular weight excluding hydrogens is 322 g/mol. The fourth-order valence-electron chi connectivity index (χ4n) is 2.97. The molecule has 0 aliphatic carbocycles. The van der Waals surface area contributed by atoms with Crippen molar-refractivity contribution in [2.75, 3.05) is 18.6 Å². The third-order valence-corrected chi connectivity index (χ3v) is 5.39. The Morgan fingerprint density at radius 2 is 2.29 bits per heavy atom. The summed E-state index contributed by atoms with van der Waals surface area (Å²) in [6.07, 6.45) is 5.58. The standard InChI is InChI=1S/C18H23N3O2S/c1-3-14-10-13(7-9-23-14)11-17(22)21(2)18-20-16(12-24-18)15-6-4-5-8-19-15/h4-6,8,12-14H,3,7,9-11H2,1-2H3. The molecule has 1 amide bonds. The molecule has 0 aromatic carbocycles. The summed E-state index contributed by atoms with van der Waals surface area (Å²) in [7, 11) is 1.81. The highest BCUT2D eigenvalue weighted by atomic mass is 32.1. The maximum Gasteiger partial charge on any atom is 0.228 e. The Bertz CT molecular complexity index is 674. The van der Waals surface area contributed by atoms with Gasteiger partial charge >= 0.3 is 0 Å². The van der Waals surface area contributed by atoms with Gasteiger partial charge in [0.2, 0.25) is 5.91 Å². The summed E-state index contributed by atoms with van der Waals surface area (Å²) < 4.78 is 5.69. The summed E-state index contributed by atoms with van der Waals surface area (Å²) in [4.78, 5) is 23.1. The van der Waals surface area contributed by atoms with Gasteiger partial charge in [-0.3, -0.25) is 14.7 Å². The van der Waals surface area contributed by atoms with Gasteiger partial charge in [0, 0.05) is 31.7 Å². The second kappa shape index (κ2) is 7.85. The van der Waals surface area contributed by atoms with Crippen molar-refractivity contribution >= 4 is 22.4 Å². The second-order valence-corrected chi connectivity index (χ2v) is 7.02. The minimum Gasteiger partial charge on any atom is -0.378 e. The fourth-order valence-corrected chi connectivity index (χ4v) is 3.77. The predicted molar refractivity (Wildman–Crippen MR) is 96.1 cm³/mol. The number of hydrogen-bond donors (Lipinski definition) is 0. The number of aromatic nitrogens is 2. The van der Waals surface area contributed by atoms with Crippen LogP contribution in [0.4, 0.5) is 5.13 Å². The quantitative estimate of drug-likeness (QED) is 0.828. The van der Waals surface area contributed by atoms with Crippen LogP contribution in [0.5, 0.6) is 0 Å². The van der Waals surface area contributed by atoms with Gasteiger partial charge in [0.25, 0.3) is 0 Å². The van der Waals surface area contributed by atoms with E-state index < -0.39 is 0 Å². The molecule has 2 aromatic heterocycles. The molecule has 1 aliphatic rings. The van der Waals surface area contributed by atoms with E-state index in [1.165, 1.54) is 11.3 Å². The van der Waals surface area contributed by atoms with Crippen molar-refractivity contribution in [2.24, 2.45) is 5.92 Å². The molecule has 0 radical (unpaired) electrons. The first kappa shape index (κ1) is 17.0. The number of rotatable bonds is 5. The lowest BCUT2D eigenvalue weighted by Crippen LogP contribution is -2.32. The van der Waals surface area contributed by atoms with Crippen LogP contribution in [-0.4, -0.2) is 35.6 Å². The fraction of sp³-hybridized carbons (Fsp3) is 0.500. The summed E-state index contributed by atoms with van der Waals surface area (Å²) in [6.45, 7) is 2.90. The van der Waals surface area contributed by atoms with Gasteiger partial charge < -0.3 is 4.74 Å². The number of ether oxygens (including phenoxy) is 1. The maximum atomic E-state index is 12.6. The van der Waals surface area contributed by atoms with Gasteiger partial charge in [-0.15, -0.1) is 11.3 Å². The minimum absolute atomic E-state index is 0.124. The molecule has 3 rings (SSSR count). The van der Waals surface area contributed by atoms with Crippen molar-refractivity contribution in [2.45, 2.75) is 38.7 Å². The number of nitrogens with zero attached hydrogens (tertiary/aromatic N) is 3. The van der Waals surface area contributed by atoms with Crippen LogP contribution in [-0.2, 0) is 9.53 Å². The first-order valence-corrected chi connectivity index (χ1v) is 9.30. The Morgan fingerprint density at radius 1 is 1.42 bits per heavy atom. The normalized spacial score (nSPS) is 20.8. The number of anilines is 1. The van der Waals surface area contributed by atoms with Crippen LogP contribution in [0.3, 0.4) is 0 Å². The molecule has 2 atom stereocenters. The van der Waals surface area contributed by atoms with E-state index in [-0.39, 0.29) is 5.91 Å². The van der Waals surface area contributed by atoms with Crippen molar-refractivity contribution in [1.29, 1.82) is 0 Å². The SMILES string of the molecule is CCC1CC(CC(=O)N(C)c2nc(-c3ccccn3)cs2)CCO1. The number of pyridine rings is 1. The molecule has 6 heteroatoms. The molecule has 5 nitrogen and oxygen atoms in total. The molecular formula is C18H23N3O2S. The topological polar surface area (TPSA) is 55.3 Å².